The standard InChI is InChI=1S/C17H16ClF3N4O5S/c1-16(2,3)30-15(27)25-31(28,29)12-7-10(4-5-22-12)24-14(26)11-6-9(17(19,20)21)8-23-13(11)18/h4-8H,1-3H3,(H,25,27)(H,22,24,26). The molecule has 2 aromatic heterocycles. The van der Waals surface area contributed by atoms with E-state index in [-0.39, 0.29) is 5.69 Å². The maximum absolute atomic E-state index is 12.8. The van der Waals surface area contributed by atoms with Crippen LogP contribution in [0.15, 0.2) is 35.6 Å². The molecule has 31 heavy (non-hydrogen) atoms. The lowest BCUT2D eigenvalue weighted by Gasteiger charge is -2.19. The van der Waals surface area contributed by atoms with Crippen LogP contribution in [-0.4, -0.2) is 36.0 Å². The van der Waals surface area contributed by atoms with Crippen LogP contribution >= 0.6 is 11.6 Å². The first-order valence-electron chi connectivity index (χ1n) is 8.34. The number of rotatable bonds is 4. The molecule has 0 saturated heterocycles. The van der Waals surface area contributed by atoms with Gasteiger partial charge in [-0.3, -0.25) is 4.79 Å². The number of carbonyl (C=O) groups excluding carboxylic acids is 2. The summed E-state index contributed by atoms with van der Waals surface area (Å²) in [6.07, 6.45) is -4.52. The second kappa shape index (κ2) is 8.67. The first-order valence-corrected chi connectivity index (χ1v) is 10.2. The Bertz CT molecular complexity index is 1120. The third-order valence-corrected chi connectivity index (χ3v) is 4.81. The summed E-state index contributed by atoms with van der Waals surface area (Å²) in [5.74, 6) is -1.07. The molecule has 2 heterocycles. The summed E-state index contributed by atoms with van der Waals surface area (Å²) in [6.45, 7) is 4.59. The van der Waals surface area contributed by atoms with E-state index in [1.54, 1.807) is 4.72 Å². The van der Waals surface area contributed by atoms with Gasteiger partial charge in [-0.05, 0) is 32.9 Å². The Morgan fingerprint density at radius 2 is 1.77 bits per heavy atom. The van der Waals surface area contributed by atoms with Crippen molar-refractivity contribution in [2.75, 3.05) is 5.32 Å². The molecule has 2 rings (SSSR count). The van der Waals surface area contributed by atoms with Crippen molar-refractivity contribution in [1.82, 2.24) is 14.7 Å². The zero-order chi connectivity index (χ0) is 23.6. The van der Waals surface area contributed by atoms with E-state index < -0.39 is 55.1 Å². The topological polar surface area (TPSA) is 127 Å². The average Bonchev–Trinajstić information content (AvgIpc) is 2.59. The summed E-state index contributed by atoms with van der Waals surface area (Å²) in [4.78, 5) is 31.0. The van der Waals surface area contributed by atoms with Gasteiger partial charge in [-0.15, -0.1) is 0 Å². The van der Waals surface area contributed by atoms with Gasteiger partial charge in [0.2, 0.25) is 0 Å². The largest absolute Gasteiger partial charge is 0.443 e. The molecule has 168 valence electrons. The average molecular weight is 481 g/mol. The first kappa shape index (κ1) is 24.3. The van der Waals surface area contributed by atoms with Crippen molar-refractivity contribution in [2.45, 2.75) is 37.6 Å². The van der Waals surface area contributed by atoms with Crippen molar-refractivity contribution >= 4 is 39.3 Å². The van der Waals surface area contributed by atoms with Crippen molar-refractivity contribution in [3.63, 3.8) is 0 Å². The molecule has 0 aliphatic carbocycles. The maximum atomic E-state index is 12.8. The van der Waals surface area contributed by atoms with Crippen LogP contribution in [-0.2, 0) is 20.9 Å². The molecule has 9 nitrogen and oxygen atoms in total. The van der Waals surface area contributed by atoms with Crippen LogP contribution in [0, 0.1) is 0 Å². The van der Waals surface area contributed by atoms with Crippen molar-refractivity contribution in [3.8, 4) is 0 Å². The van der Waals surface area contributed by atoms with Gasteiger partial charge in [0.15, 0.2) is 5.03 Å². The highest BCUT2D eigenvalue weighted by Crippen LogP contribution is 2.31. The normalized spacial score (nSPS) is 12.2. The van der Waals surface area contributed by atoms with E-state index >= 15 is 0 Å². The number of amides is 2. The van der Waals surface area contributed by atoms with E-state index in [1.165, 1.54) is 26.8 Å². The smallest absolute Gasteiger partial charge is 0.421 e. The van der Waals surface area contributed by atoms with Gasteiger partial charge in [0.1, 0.15) is 10.8 Å². The molecule has 0 unspecified atom stereocenters. The van der Waals surface area contributed by atoms with E-state index in [2.05, 4.69) is 15.3 Å². The summed E-state index contributed by atoms with van der Waals surface area (Å²) in [7, 11) is -4.46. The Morgan fingerprint density at radius 3 is 2.35 bits per heavy atom. The van der Waals surface area contributed by atoms with E-state index in [1.807, 2.05) is 0 Å². The molecule has 0 aliphatic heterocycles. The lowest BCUT2D eigenvalue weighted by Crippen LogP contribution is -2.36. The fourth-order valence-electron chi connectivity index (χ4n) is 2.06. The number of pyridine rings is 2. The second-order valence-corrected chi connectivity index (χ2v) is 8.99. The second-order valence-electron chi connectivity index (χ2n) is 7.00. The van der Waals surface area contributed by atoms with Gasteiger partial charge in [0, 0.05) is 24.1 Å². The van der Waals surface area contributed by atoms with Crippen LogP contribution in [0.2, 0.25) is 5.15 Å². The highest BCUT2D eigenvalue weighted by atomic mass is 35.5. The lowest BCUT2D eigenvalue weighted by molar-refractivity contribution is -0.137. The fraction of sp³-hybridized carbons (Fsp3) is 0.294. The molecular weight excluding hydrogens is 465 g/mol. The molecule has 0 fully saturated rings. The molecule has 0 aliphatic rings. The van der Waals surface area contributed by atoms with E-state index in [0.717, 1.165) is 12.3 Å². The molecule has 2 aromatic rings. The molecule has 0 radical (unpaired) electrons. The quantitative estimate of drug-likeness (QED) is 0.640. The highest BCUT2D eigenvalue weighted by molar-refractivity contribution is 7.90. The number of ether oxygens (including phenoxy) is 1. The first-order chi connectivity index (χ1) is 14.1. The van der Waals surface area contributed by atoms with Gasteiger partial charge >= 0.3 is 12.3 Å². The summed E-state index contributed by atoms with van der Waals surface area (Å²) in [5, 5.41) is 1.07. The van der Waals surface area contributed by atoms with Crippen molar-refractivity contribution in [1.29, 1.82) is 0 Å². The summed E-state index contributed by atoms with van der Waals surface area (Å²) < 4.78 is 69.7. The summed E-state index contributed by atoms with van der Waals surface area (Å²) in [6, 6.07) is 2.58. The number of halogens is 4. The van der Waals surface area contributed by atoms with Crippen LogP contribution in [0.25, 0.3) is 0 Å². The molecule has 0 aromatic carbocycles. The van der Waals surface area contributed by atoms with Crippen molar-refractivity contribution in [2.24, 2.45) is 0 Å². The van der Waals surface area contributed by atoms with Gasteiger partial charge in [-0.1, -0.05) is 11.6 Å². The minimum atomic E-state index is -4.75. The molecule has 0 atom stereocenters. The molecule has 0 spiro atoms. The molecule has 0 bridgehead atoms. The molecule has 2 N–H and O–H groups in total. The minimum Gasteiger partial charge on any atom is -0.443 e. The SMILES string of the molecule is CC(C)(C)OC(=O)NS(=O)(=O)c1cc(NC(=O)c2cc(C(F)(F)F)cnc2Cl)ccn1. The van der Waals surface area contributed by atoms with Gasteiger partial charge in [-0.25, -0.2) is 19.5 Å². The number of anilines is 1. The van der Waals surface area contributed by atoms with Crippen molar-refractivity contribution in [3.05, 3.63) is 46.9 Å². The van der Waals surface area contributed by atoms with E-state index in [9.17, 15) is 31.2 Å². The van der Waals surface area contributed by atoms with E-state index in [0.29, 0.717) is 12.3 Å². The monoisotopic (exact) mass is 480 g/mol. The maximum Gasteiger partial charge on any atom is 0.421 e. The third kappa shape index (κ3) is 6.79. The predicted molar refractivity (Wildman–Crippen MR) is 103 cm³/mol. The van der Waals surface area contributed by atoms with Crippen molar-refractivity contribution < 1.29 is 35.9 Å². The fourth-order valence-corrected chi connectivity index (χ4v) is 3.09. The van der Waals surface area contributed by atoms with Crippen LogP contribution in [0.5, 0.6) is 0 Å². The third-order valence-electron chi connectivity index (χ3n) is 3.30. The zero-order valence-corrected chi connectivity index (χ0v) is 17.8. The van der Waals surface area contributed by atoms with Gasteiger partial charge in [0.05, 0.1) is 11.1 Å². The minimum absolute atomic E-state index is 0.141. The summed E-state index contributed by atoms with van der Waals surface area (Å²) in [5.41, 5.74) is -2.87. The Labute approximate surface area is 180 Å². The van der Waals surface area contributed by atoms with Crippen LogP contribution in [0.3, 0.4) is 0 Å². The van der Waals surface area contributed by atoms with Crippen LogP contribution in [0.4, 0.5) is 23.7 Å². The van der Waals surface area contributed by atoms with Gasteiger partial charge in [0.25, 0.3) is 15.9 Å². The predicted octanol–water partition coefficient (Wildman–Crippen LogP) is 3.61. The number of hydrogen-bond acceptors (Lipinski definition) is 7. The van der Waals surface area contributed by atoms with Crippen LogP contribution < -0.4 is 10.0 Å². The molecule has 0 saturated carbocycles. The molecular formula is C17H16ClF3N4O5S. The van der Waals surface area contributed by atoms with Crippen LogP contribution in [0.1, 0.15) is 36.7 Å². The number of sulfonamides is 1. The number of alkyl halides is 3. The van der Waals surface area contributed by atoms with E-state index in [4.69, 9.17) is 16.3 Å². The zero-order valence-electron chi connectivity index (χ0n) is 16.2. The van der Waals surface area contributed by atoms with Gasteiger partial charge < -0.3 is 10.1 Å². The Balaban J connectivity index is 2.25. The summed E-state index contributed by atoms with van der Waals surface area (Å²) >= 11 is 5.71. The van der Waals surface area contributed by atoms with Gasteiger partial charge in [-0.2, -0.15) is 21.6 Å². The number of nitrogens with one attached hydrogen (secondary N) is 2. The molecule has 14 heteroatoms. The number of hydrogen-bond donors (Lipinski definition) is 2. The number of carbonyl (C=O) groups is 2. The lowest BCUT2D eigenvalue weighted by atomic mass is 10.2. The number of nitrogens with zero attached hydrogens (tertiary/aromatic N) is 2. The Hall–Kier alpha value is -2.93. The number of aromatic nitrogens is 2. The Morgan fingerprint density at radius 1 is 1.13 bits per heavy atom. The Kier molecular flexibility index (Phi) is 6.81. The molecule has 2 amide bonds. The highest BCUT2D eigenvalue weighted by Gasteiger charge is 2.32.